The fourth-order valence-corrected chi connectivity index (χ4v) is 5.56. The van der Waals surface area contributed by atoms with E-state index >= 15 is 0 Å². The first kappa shape index (κ1) is 27.7. The van der Waals surface area contributed by atoms with Gasteiger partial charge in [0.1, 0.15) is 23.7 Å². The zero-order valence-electron chi connectivity index (χ0n) is 23.0. The number of carbonyl (C=O) groups excluding carboxylic acids is 1. The fourth-order valence-electron chi connectivity index (χ4n) is 5.56. The highest BCUT2D eigenvalue weighted by atomic mass is 19.3. The molecule has 0 bridgehead atoms. The van der Waals surface area contributed by atoms with E-state index in [1.54, 1.807) is 17.4 Å². The van der Waals surface area contributed by atoms with Crippen molar-refractivity contribution in [2.75, 3.05) is 25.1 Å². The van der Waals surface area contributed by atoms with Gasteiger partial charge in [-0.15, -0.1) is 0 Å². The molecule has 2 aliphatic rings. The quantitative estimate of drug-likeness (QED) is 0.273. The number of phenols is 1. The number of nitrogens with zero attached hydrogens (tertiary/aromatic N) is 3. The minimum absolute atomic E-state index is 0.0628. The summed E-state index contributed by atoms with van der Waals surface area (Å²) in [5, 5.41) is 14.4. The van der Waals surface area contributed by atoms with Crippen LogP contribution in [0, 0.1) is 0 Å². The molecule has 1 amide bonds. The fraction of sp³-hybridized carbons (Fsp3) is 0.312. The molecule has 3 aromatic carbocycles. The van der Waals surface area contributed by atoms with E-state index in [1.807, 2.05) is 41.1 Å². The Labute approximate surface area is 242 Å². The van der Waals surface area contributed by atoms with Gasteiger partial charge in [0.05, 0.1) is 19.0 Å². The van der Waals surface area contributed by atoms with Crippen molar-refractivity contribution in [3.8, 4) is 11.5 Å². The van der Waals surface area contributed by atoms with Crippen molar-refractivity contribution in [2.45, 2.75) is 45.0 Å². The average Bonchev–Trinajstić information content (AvgIpc) is 3.70. The number of phenolic OH excluding ortho intramolecular Hbond substituents is 1. The molecule has 0 radical (unpaired) electrons. The summed E-state index contributed by atoms with van der Waals surface area (Å²) in [4.78, 5) is 19.7. The van der Waals surface area contributed by atoms with E-state index < -0.39 is 23.6 Å². The summed E-state index contributed by atoms with van der Waals surface area (Å²) in [5.41, 5.74) is 4.46. The number of aromatic hydroxyl groups is 1. The highest BCUT2D eigenvalue weighted by Crippen LogP contribution is 2.37. The minimum Gasteiger partial charge on any atom is -0.507 e. The second kappa shape index (κ2) is 12.2. The lowest BCUT2D eigenvalue weighted by Gasteiger charge is -2.32. The van der Waals surface area contributed by atoms with Crippen molar-refractivity contribution in [3.63, 3.8) is 0 Å². The average molecular weight is 575 g/mol. The van der Waals surface area contributed by atoms with E-state index in [9.17, 15) is 18.7 Å². The van der Waals surface area contributed by atoms with E-state index in [4.69, 9.17) is 9.47 Å². The summed E-state index contributed by atoms with van der Waals surface area (Å²) in [6.45, 7) is 2.73. The zero-order valence-corrected chi connectivity index (χ0v) is 23.0. The molecule has 1 fully saturated rings. The summed E-state index contributed by atoms with van der Waals surface area (Å²) in [7, 11) is 0. The van der Waals surface area contributed by atoms with Gasteiger partial charge in [0.2, 0.25) is 0 Å². The van der Waals surface area contributed by atoms with Gasteiger partial charge in [-0.05, 0) is 53.3 Å². The lowest BCUT2D eigenvalue weighted by molar-refractivity contribution is 0.0726. The Morgan fingerprint density at radius 1 is 1.17 bits per heavy atom. The summed E-state index contributed by atoms with van der Waals surface area (Å²) in [5.74, 6) is -1.06. The topological polar surface area (TPSA) is 88.9 Å². The number of amides is 1. The Hall–Kier alpha value is -4.44. The molecule has 1 aromatic heterocycles. The van der Waals surface area contributed by atoms with Gasteiger partial charge in [-0.2, -0.15) is 0 Å². The van der Waals surface area contributed by atoms with Crippen molar-refractivity contribution in [2.24, 2.45) is 0 Å². The number of aromatic nitrogens is 2. The van der Waals surface area contributed by atoms with Crippen LogP contribution in [0.25, 0.3) is 0 Å². The van der Waals surface area contributed by atoms with Crippen molar-refractivity contribution in [3.05, 3.63) is 107 Å². The largest absolute Gasteiger partial charge is 0.507 e. The van der Waals surface area contributed by atoms with Crippen LogP contribution in [0.1, 0.15) is 51.0 Å². The number of hydrogen-bond donors (Lipinski definition) is 2. The third kappa shape index (κ3) is 6.08. The molecule has 0 unspecified atom stereocenters. The minimum atomic E-state index is -2.83. The number of imidazole rings is 1. The standard InChI is InChI=1S/C32H32F2N4O4/c33-31(34)24-14-28(39)30(29(15-24)42-18-21-4-2-1-3-5-21)32(40)38-9-6-23-12-22(16-37-10-8-35-20-37)13-27(26(23)17-38)36-25-7-11-41-19-25/h1-5,8,10,12-15,20,25,31,36,39H,6-7,9,11,16-19H2/t25-/m0/s1. The third-order valence-corrected chi connectivity index (χ3v) is 7.71. The number of carbonyl (C=O) groups is 1. The van der Waals surface area contributed by atoms with Gasteiger partial charge in [0, 0.05) is 49.9 Å². The summed E-state index contributed by atoms with van der Waals surface area (Å²) >= 11 is 0. The maximum atomic E-state index is 13.9. The number of anilines is 1. The maximum Gasteiger partial charge on any atom is 0.264 e. The SMILES string of the molecule is O=C(c1c(O)cc(C(F)F)cc1OCc1ccccc1)N1CCc2cc(Cn3ccnc3)cc(N[C@H]3CCOC3)c2C1. The Morgan fingerprint density at radius 3 is 2.76 bits per heavy atom. The molecule has 2 N–H and O–H groups in total. The van der Waals surface area contributed by atoms with Crippen LogP contribution in [0.2, 0.25) is 0 Å². The van der Waals surface area contributed by atoms with Crippen LogP contribution in [0.15, 0.2) is 73.3 Å². The molecule has 1 atom stereocenters. The molecule has 1 saturated heterocycles. The first-order valence-electron chi connectivity index (χ1n) is 14.0. The normalized spacial score (nSPS) is 16.5. The number of halogens is 2. The van der Waals surface area contributed by atoms with E-state index in [1.165, 1.54) is 0 Å². The molecule has 8 nitrogen and oxygen atoms in total. The zero-order chi connectivity index (χ0) is 29.1. The van der Waals surface area contributed by atoms with Crippen LogP contribution in [0.3, 0.4) is 0 Å². The highest BCUT2D eigenvalue weighted by Gasteiger charge is 2.30. The van der Waals surface area contributed by atoms with Gasteiger partial charge >= 0.3 is 0 Å². The van der Waals surface area contributed by atoms with Crippen LogP contribution < -0.4 is 10.1 Å². The predicted octanol–water partition coefficient (Wildman–Crippen LogP) is 5.55. The van der Waals surface area contributed by atoms with Gasteiger partial charge in [0.15, 0.2) is 0 Å². The van der Waals surface area contributed by atoms with Crippen molar-refractivity contribution < 1.29 is 28.2 Å². The number of ether oxygens (including phenoxy) is 2. The van der Waals surface area contributed by atoms with E-state index in [0.29, 0.717) is 39.3 Å². The molecule has 0 spiro atoms. The van der Waals surface area contributed by atoms with Crippen LogP contribution >= 0.6 is 0 Å². The van der Waals surface area contributed by atoms with Crippen molar-refractivity contribution in [1.82, 2.24) is 14.5 Å². The molecular formula is C32H32F2N4O4. The van der Waals surface area contributed by atoms with Crippen LogP contribution in [0.5, 0.6) is 11.5 Å². The molecule has 6 rings (SSSR count). The van der Waals surface area contributed by atoms with Crippen molar-refractivity contribution >= 4 is 11.6 Å². The van der Waals surface area contributed by atoms with E-state index in [2.05, 4.69) is 22.4 Å². The van der Waals surface area contributed by atoms with E-state index in [0.717, 1.165) is 46.5 Å². The smallest absolute Gasteiger partial charge is 0.264 e. The van der Waals surface area contributed by atoms with Gasteiger partial charge in [0.25, 0.3) is 12.3 Å². The van der Waals surface area contributed by atoms with E-state index in [-0.39, 0.29) is 24.0 Å². The number of alkyl halides is 2. The Balaban J connectivity index is 1.30. The second-order valence-corrected chi connectivity index (χ2v) is 10.7. The van der Waals surface area contributed by atoms with Gasteiger partial charge < -0.3 is 29.4 Å². The number of hydrogen-bond acceptors (Lipinski definition) is 6. The maximum absolute atomic E-state index is 13.9. The lowest BCUT2D eigenvalue weighted by atomic mass is 9.94. The molecule has 10 heteroatoms. The summed E-state index contributed by atoms with van der Waals surface area (Å²) in [6, 6.07) is 15.7. The molecule has 218 valence electrons. The molecule has 4 aromatic rings. The molecule has 42 heavy (non-hydrogen) atoms. The molecule has 0 aliphatic carbocycles. The molecule has 2 aliphatic heterocycles. The molecular weight excluding hydrogens is 542 g/mol. The molecule has 0 saturated carbocycles. The monoisotopic (exact) mass is 574 g/mol. The highest BCUT2D eigenvalue weighted by molar-refractivity contribution is 6.00. The van der Waals surface area contributed by atoms with Gasteiger partial charge in [-0.25, -0.2) is 13.8 Å². The van der Waals surface area contributed by atoms with Gasteiger partial charge in [-0.1, -0.05) is 36.4 Å². The van der Waals surface area contributed by atoms with Crippen molar-refractivity contribution in [1.29, 1.82) is 0 Å². The number of nitrogens with one attached hydrogen (secondary N) is 1. The number of benzene rings is 3. The first-order valence-corrected chi connectivity index (χ1v) is 14.0. The van der Waals surface area contributed by atoms with Gasteiger partial charge in [-0.3, -0.25) is 4.79 Å². The third-order valence-electron chi connectivity index (χ3n) is 7.71. The molecule has 3 heterocycles. The summed E-state index contributed by atoms with van der Waals surface area (Å²) < 4.78 is 40.7. The lowest BCUT2D eigenvalue weighted by Crippen LogP contribution is -2.37. The van der Waals surface area contributed by atoms with Crippen LogP contribution in [-0.2, 0) is 30.9 Å². The Kier molecular flexibility index (Phi) is 8.05. The number of fused-ring (bicyclic) bond motifs is 1. The predicted molar refractivity (Wildman–Crippen MR) is 153 cm³/mol. The second-order valence-electron chi connectivity index (χ2n) is 10.7. The van der Waals surface area contributed by atoms with Crippen LogP contribution in [0.4, 0.5) is 14.5 Å². The Bertz CT molecular complexity index is 1540. The van der Waals surface area contributed by atoms with Crippen LogP contribution in [-0.4, -0.2) is 51.3 Å². The summed E-state index contributed by atoms with van der Waals surface area (Å²) in [6.07, 6.45) is 4.10. The Morgan fingerprint density at radius 2 is 2.02 bits per heavy atom. The number of rotatable bonds is 9. The first-order chi connectivity index (χ1) is 20.4.